The van der Waals surface area contributed by atoms with Gasteiger partial charge in [-0.2, -0.15) is 9.97 Å². The molecule has 4 fully saturated rings. The van der Waals surface area contributed by atoms with Crippen molar-refractivity contribution in [3.63, 3.8) is 0 Å². The Hall–Kier alpha value is -4.19. The summed E-state index contributed by atoms with van der Waals surface area (Å²) in [4.78, 5) is 33.5. The molecule has 0 radical (unpaired) electrons. The number of nitrogens with zero attached hydrogens (tertiary/aromatic N) is 6. The van der Waals surface area contributed by atoms with Gasteiger partial charge in [-0.3, -0.25) is 14.8 Å². The van der Waals surface area contributed by atoms with Crippen molar-refractivity contribution in [3.8, 4) is 17.3 Å². The molecule has 4 aliphatic heterocycles. The number of carbonyl (C=O) groups excluding carboxylic acids is 1. The molecule has 4 aromatic rings. The van der Waals surface area contributed by atoms with Crippen LogP contribution in [-0.2, 0) is 4.74 Å². The fourth-order valence-electron chi connectivity index (χ4n) is 8.37. The van der Waals surface area contributed by atoms with Gasteiger partial charge in [0.2, 0.25) is 0 Å². The van der Waals surface area contributed by atoms with E-state index in [0.717, 1.165) is 57.7 Å². The zero-order valence-corrected chi connectivity index (χ0v) is 27.4. The first kappa shape index (κ1) is 31.1. The second kappa shape index (κ2) is 11.5. The molecule has 2 aromatic heterocycles. The molecule has 4 saturated heterocycles. The van der Waals surface area contributed by atoms with Crippen molar-refractivity contribution in [2.75, 3.05) is 37.7 Å². The van der Waals surface area contributed by atoms with Crippen LogP contribution in [0.3, 0.4) is 0 Å². The van der Waals surface area contributed by atoms with Crippen LogP contribution in [-0.4, -0.2) is 86.9 Å². The molecule has 0 aliphatic carbocycles. The molecule has 4 aliphatic rings. The van der Waals surface area contributed by atoms with Crippen LogP contribution in [0.5, 0.6) is 6.01 Å². The number of pyridine rings is 1. The van der Waals surface area contributed by atoms with Crippen LogP contribution in [0.2, 0.25) is 0 Å². The van der Waals surface area contributed by atoms with Crippen LogP contribution in [0.4, 0.5) is 23.8 Å². The molecule has 252 valence electrons. The molecular formula is C36H39F3N6O3. The fourth-order valence-corrected chi connectivity index (χ4v) is 8.37. The molecule has 0 saturated carbocycles. The van der Waals surface area contributed by atoms with E-state index in [4.69, 9.17) is 14.5 Å². The number of piperazine rings is 1. The molecule has 2 atom stereocenters. The van der Waals surface area contributed by atoms with E-state index in [1.807, 2.05) is 25.7 Å². The maximum Gasteiger partial charge on any atom is 0.410 e. The Morgan fingerprint density at radius 3 is 2.42 bits per heavy atom. The summed E-state index contributed by atoms with van der Waals surface area (Å²) in [5.41, 5.74) is -0.719. The van der Waals surface area contributed by atoms with Crippen LogP contribution >= 0.6 is 0 Å². The summed E-state index contributed by atoms with van der Waals surface area (Å²) in [6, 6.07) is 7.19. The molecule has 48 heavy (non-hydrogen) atoms. The summed E-state index contributed by atoms with van der Waals surface area (Å²) in [5.74, 6) is -2.39. The number of carbonyl (C=O) groups is 1. The zero-order valence-electron chi connectivity index (χ0n) is 27.4. The quantitative estimate of drug-likeness (QED) is 0.230. The van der Waals surface area contributed by atoms with Crippen molar-refractivity contribution in [2.24, 2.45) is 0 Å². The topological polar surface area (TPSA) is 83.9 Å². The van der Waals surface area contributed by atoms with Gasteiger partial charge in [0, 0.05) is 30.2 Å². The molecule has 12 heteroatoms. The Labute approximate surface area is 277 Å². The number of hydrogen-bond acceptors (Lipinski definition) is 8. The first-order chi connectivity index (χ1) is 23.0. The smallest absolute Gasteiger partial charge is 0.410 e. The van der Waals surface area contributed by atoms with E-state index >= 15 is 8.78 Å². The third kappa shape index (κ3) is 5.19. The molecule has 0 unspecified atom stereocenters. The van der Waals surface area contributed by atoms with Gasteiger partial charge >= 0.3 is 12.1 Å². The summed E-state index contributed by atoms with van der Waals surface area (Å²) < 4.78 is 58.4. The van der Waals surface area contributed by atoms with Crippen molar-refractivity contribution < 1.29 is 27.4 Å². The van der Waals surface area contributed by atoms with Gasteiger partial charge in [-0.25, -0.2) is 18.0 Å². The van der Waals surface area contributed by atoms with Crippen LogP contribution in [0.15, 0.2) is 36.5 Å². The standard InChI is InChI=1S/C36H39F3N6O3/c1-35(2,3)48-34(46)45-22-10-11-23(45)19-43(18-22)32-25-17-40-30(24-8-4-7-21-9-12-26(37)28(38)27(21)24)29(39)31(25)41-33(42-32)47-20-36-13-5-15-44(36)16-6-14-36/h4,7-9,12,17,22-23H,5-6,10-11,13-16,18-20H2,1-3H3/t22-,23-/m0/s1. The summed E-state index contributed by atoms with van der Waals surface area (Å²) in [7, 11) is 0. The zero-order chi connectivity index (χ0) is 33.4. The first-order valence-corrected chi connectivity index (χ1v) is 16.9. The highest BCUT2D eigenvalue weighted by atomic mass is 19.2. The lowest BCUT2D eigenvalue weighted by Crippen LogP contribution is -2.57. The van der Waals surface area contributed by atoms with Gasteiger partial charge in [0.1, 0.15) is 29.2 Å². The van der Waals surface area contributed by atoms with E-state index < -0.39 is 23.1 Å². The largest absolute Gasteiger partial charge is 0.461 e. The molecule has 9 nitrogen and oxygen atoms in total. The predicted octanol–water partition coefficient (Wildman–Crippen LogP) is 6.86. The number of rotatable bonds is 5. The second-order valence-electron chi connectivity index (χ2n) is 14.7. The van der Waals surface area contributed by atoms with Gasteiger partial charge in [-0.05, 0) is 83.8 Å². The minimum Gasteiger partial charge on any atom is -0.461 e. The SMILES string of the molecule is CC(C)(C)OC(=O)N1[C@H]2CC[C@H]1CN(c1nc(OCC34CCCN3CCC4)nc3c(F)c(-c4cccc5ccc(F)c(F)c45)ncc13)C2. The summed E-state index contributed by atoms with van der Waals surface area (Å²) in [5, 5.41) is 0.753. The molecule has 2 bridgehead atoms. The van der Waals surface area contributed by atoms with Gasteiger partial charge in [0.05, 0.1) is 23.0 Å². The van der Waals surface area contributed by atoms with Gasteiger partial charge in [-0.15, -0.1) is 0 Å². The van der Waals surface area contributed by atoms with E-state index in [0.29, 0.717) is 36.3 Å². The highest BCUT2D eigenvalue weighted by molar-refractivity contribution is 5.99. The van der Waals surface area contributed by atoms with E-state index in [1.165, 1.54) is 18.3 Å². The van der Waals surface area contributed by atoms with Gasteiger partial charge in [-0.1, -0.05) is 24.3 Å². The molecule has 6 heterocycles. The summed E-state index contributed by atoms with van der Waals surface area (Å²) in [6.45, 7) is 8.95. The van der Waals surface area contributed by atoms with E-state index in [1.54, 1.807) is 12.1 Å². The summed E-state index contributed by atoms with van der Waals surface area (Å²) in [6.07, 6.45) is 7.03. The molecule has 8 rings (SSSR count). The van der Waals surface area contributed by atoms with Crippen molar-refractivity contribution in [1.82, 2.24) is 24.8 Å². The third-order valence-electron chi connectivity index (χ3n) is 10.5. The van der Waals surface area contributed by atoms with Crippen molar-refractivity contribution in [3.05, 3.63) is 54.0 Å². The average Bonchev–Trinajstić information content (AvgIpc) is 3.71. The number of benzene rings is 2. The Morgan fingerprint density at radius 2 is 1.71 bits per heavy atom. The minimum absolute atomic E-state index is 0.0112. The average molecular weight is 661 g/mol. The molecule has 1 amide bonds. The normalized spacial score (nSPS) is 22.1. The second-order valence-corrected chi connectivity index (χ2v) is 14.7. The fraction of sp³-hybridized carbons (Fsp3) is 0.500. The minimum atomic E-state index is -1.06. The number of halogens is 3. The van der Waals surface area contributed by atoms with Crippen molar-refractivity contribution >= 4 is 33.6 Å². The number of amides is 1. The number of anilines is 1. The van der Waals surface area contributed by atoms with Gasteiger partial charge < -0.3 is 14.4 Å². The molecule has 0 N–H and O–H groups in total. The maximum absolute atomic E-state index is 16.8. The van der Waals surface area contributed by atoms with Gasteiger partial charge in [0.25, 0.3) is 0 Å². The van der Waals surface area contributed by atoms with Crippen molar-refractivity contribution in [1.29, 1.82) is 0 Å². The highest BCUT2D eigenvalue weighted by Crippen LogP contribution is 2.41. The highest BCUT2D eigenvalue weighted by Gasteiger charge is 2.46. The Morgan fingerprint density at radius 1 is 0.979 bits per heavy atom. The Bertz CT molecular complexity index is 1910. The predicted molar refractivity (Wildman–Crippen MR) is 176 cm³/mol. The van der Waals surface area contributed by atoms with E-state index in [2.05, 4.69) is 19.8 Å². The van der Waals surface area contributed by atoms with Crippen LogP contribution in [0.1, 0.15) is 59.3 Å². The number of fused-ring (bicyclic) bond motifs is 5. The van der Waals surface area contributed by atoms with Crippen molar-refractivity contribution in [2.45, 2.75) is 82.5 Å². The van der Waals surface area contributed by atoms with Crippen LogP contribution in [0, 0.1) is 17.5 Å². The molecular weight excluding hydrogens is 621 g/mol. The van der Waals surface area contributed by atoms with E-state index in [9.17, 15) is 9.18 Å². The summed E-state index contributed by atoms with van der Waals surface area (Å²) >= 11 is 0. The maximum atomic E-state index is 16.8. The Balaban J connectivity index is 1.21. The lowest BCUT2D eigenvalue weighted by molar-refractivity contribution is 0.0122. The molecule has 0 spiro atoms. The third-order valence-corrected chi connectivity index (χ3v) is 10.5. The number of aromatic nitrogens is 3. The lowest BCUT2D eigenvalue weighted by atomic mass is 9.95. The van der Waals surface area contributed by atoms with E-state index in [-0.39, 0.29) is 51.9 Å². The molecule has 2 aromatic carbocycles. The lowest BCUT2D eigenvalue weighted by Gasteiger charge is -2.42. The van der Waals surface area contributed by atoms with Crippen LogP contribution in [0.25, 0.3) is 32.9 Å². The number of ether oxygens (including phenoxy) is 2. The Kier molecular flexibility index (Phi) is 7.43. The van der Waals surface area contributed by atoms with Gasteiger partial charge in [0.15, 0.2) is 17.5 Å². The first-order valence-electron chi connectivity index (χ1n) is 16.9. The number of hydrogen-bond donors (Lipinski definition) is 0. The van der Waals surface area contributed by atoms with Crippen LogP contribution < -0.4 is 9.64 Å². The monoisotopic (exact) mass is 660 g/mol.